The minimum absolute atomic E-state index is 0.0221. The van der Waals surface area contributed by atoms with Crippen molar-refractivity contribution in [3.63, 3.8) is 0 Å². The van der Waals surface area contributed by atoms with Gasteiger partial charge in [0.05, 0.1) is 17.7 Å². The van der Waals surface area contributed by atoms with E-state index in [9.17, 15) is 18.0 Å². The SMILES string of the molecule is CCn1cc(CC(=O)N2CCc3cccc(C(F)(F)F)c3C2)nn1. The molecule has 0 atom stereocenters. The molecule has 24 heavy (non-hydrogen) atoms. The summed E-state index contributed by atoms with van der Waals surface area (Å²) in [7, 11) is 0. The predicted molar refractivity (Wildman–Crippen MR) is 80.0 cm³/mol. The highest BCUT2D eigenvalue weighted by Crippen LogP contribution is 2.35. The van der Waals surface area contributed by atoms with E-state index >= 15 is 0 Å². The van der Waals surface area contributed by atoms with Crippen LogP contribution in [0.4, 0.5) is 13.2 Å². The summed E-state index contributed by atoms with van der Waals surface area (Å²) in [6, 6.07) is 4.18. The second kappa shape index (κ2) is 6.26. The Kier molecular flexibility index (Phi) is 4.29. The van der Waals surface area contributed by atoms with Crippen molar-refractivity contribution in [3.05, 3.63) is 46.8 Å². The Bertz CT molecular complexity index is 754. The van der Waals surface area contributed by atoms with Crippen molar-refractivity contribution in [2.45, 2.75) is 39.0 Å². The first-order valence-electron chi connectivity index (χ1n) is 7.73. The molecule has 0 saturated heterocycles. The molecule has 1 aromatic heterocycles. The van der Waals surface area contributed by atoms with Gasteiger partial charge in [0.25, 0.3) is 0 Å². The number of halogens is 3. The number of fused-ring (bicyclic) bond motifs is 1. The van der Waals surface area contributed by atoms with Gasteiger partial charge in [0, 0.05) is 25.8 Å². The quantitative estimate of drug-likeness (QED) is 0.864. The van der Waals surface area contributed by atoms with E-state index < -0.39 is 11.7 Å². The number of carbonyl (C=O) groups is 1. The number of carbonyl (C=O) groups excluding carboxylic acids is 1. The summed E-state index contributed by atoms with van der Waals surface area (Å²) in [6.07, 6.45) is -2.27. The van der Waals surface area contributed by atoms with E-state index in [0.717, 1.165) is 6.07 Å². The van der Waals surface area contributed by atoms with Crippen LogP contribution < -0.4 is 0 Å². The van der Waals surface area contributed by atoms with Crippen LogP contribution in [0.2, 0.25) is 0 Å². The minimum atomic E-state index is -4.42. The van der Waals surface area contributed by atoms with E-state index in [1.54, 1.807) is 16.9 Å². The highest BCUT2D eigenvalue weighted by atomic mass is 19.4. The van der Waals surface area contributed by atoms with E-state index in [1.165, 1.54) is 11.0 Å². The molecule has 5 nitrogen and oxygen atoms in total. The number of hydrogen-bond donors (Lipinski definition) is 0. The highest BCUT2D eigenvalue weighted by molar-refractivity contribution is 5.78. The maximum atomic E-state index is 13.2. The maximum Gasteiger partial charge on any atom is 0.416 e. The Morgan fingerprint density at radius 2 is 2.12 bits per heavy atom. The molecule has 2 aromatic rings. The van der Waals surface area contributed by atoms with Crippen LogP contribution in [0.1, 0.15) is 29.3 Å². The summed E-state index contributed by atoms with van der Waals surface area (Å²) in [6.45, 7) is 2.94. The first-order valence-corrected chi connectivity index (χ1v) is 7.73. The van der Waals surface area contributed by atoms with Crippen LogP contribution in [-0.4, -0.2) is 32.3 Å². The van der Waals surface area contributed by atoms with Crippen molar-refractivity contribution in [1.82, 2.24) is 19.9 Å². The van der Waals surface area contributed by atoms with E-state index in [4.69, 9.17) is 0 Å². The number of aryl methyl sites for hydroxylation is 1. The van der Waals surface area contributed by atoms with Gasteiger partial charge in [-0.05, 0) is 30.5 Å². The largest absolute Gasteiger partial charge is 0.416 e. The molecule has 0 bridgehead atoms. The highest BCUT2D eigenvalue weighted by Gasteiger charge is 2.36. The van der Waals surface area contributed by atoms with Gasteiger partial charge in [0.1, 0.15) is 0 Å². The molecule has 0 aliphatic carbocycles. The van der Waals surface area contributed by atoms with Crippen LogP contribution in [0.3, 0.4) is 0 Å². The Labute approximate surface area is 137 Å². The number of alkyl halides is 3. The third-order valence-corrected chi connectivity index (χ3v) is 4.17. The van der Waals surface area contributed by atoms with Crippen molar-refractivity contribution in [3.8, 4) is 0 Å². The van der Waals surface area contributed by atoms with Crippen molar-refractivity contribution >= 4 is 5.91 Å². The van der Waals surface area contributed by atoms with Crippen LogP contribution >= 0.6 is 0 Å². The van der Waals surface area contributed by atoms with Gasteiger partial charge < -0.3 is 4.90 Å². The molecular formula is C16H17F3N4O. The molecule has 1 aliphatic heterocycles. The molecule has 0 N–H and O–H groups in total. The molecule has 1 amide bonds. The van der Waals surface area contributed by atoms with Crippen molar-refractivity contribution < 1.29 is 18.0 Å². The standard InChI is InChI=1S/C16H17F3N4O/c1-2-23-9-12(20-21-23)8-15(24)22-7-6-11-4-3-5-14(13(11)10-22)16(17,18)19/h3-5,9H,2,6-8,10H2,1H3. The van der Waals surface area contributed by atoms with Gasteiger partial charge in [-0.3, -0.25) is 9.48 Å². The van der Waals surface area contributed by atoms with Crippen LogP contribution in [-0.2, 0) is 36.9 Å². The summed E-state index contributed by atoms with van der Waals surface area (Å²) in [5.41, 5.74) is 0.721. The molecule has 2 heterocycles. The molecule has 8 heteroatoms. The van der Waals surface area contributed by atoms with E-state index in [1.807, 2.05) is 6.92 Å². The van der Waals surface area contributed by atoms with Gasteiger partial charge >= 0.3 is 6.18 Å². The summed E-state index contributed by atoms with van der Waals surface area (Å²) in [4.78, 5) is 13.9. The summed E-state index contributed by atoms with van der Waals surface area (Å²) < 4.78 is 41.1. The molecule has 3 rings (SSSR count). The molecule has 0 fully saturated rings. The van der Waals surface area contributed by atoms with Gasteiger partial charge in [-0.25, -0.2) is 0 Å². The lowest BCUT2D eigenvalue weighted by Gasteiger charge is -2.30. The minimum Gasteiger partial charge on any atom is -0.338 e. The van der Waals surface area contributed by atoms with Crippen LogP contribution in [0.15, 0.2) is 24.4 Å². The smallest absolute Gasteiger partial charge is 0.338 e. The maximum absolute atomic E-state index is 13.2. The van der Waals surface area contributed by atoms with Crippen LogP contribution in [0, 0.1) is 0 Å². The topological polar surface area (TPSA) is 51.0 Å². The van der Waals surface area contributed by atoms with Crippen LogP contribution in [0.5, 0.6) is 0 Å². The van der Waals surface area contributed by atoms with Gasteiger partial charge in [0.2, 0.25) is 5.91 Å². The van der Waals surface area contributed by atoms with E-state index in [-0.39, 0.29) is 24.4 Å². The van der Waals surface area contributed by atoms with E-state index in [2.05, 4.69) is 10.3 Å². The fraction of sp³-hybridized carbons (Fsp3) is 0.438. The van der Waals surface area contributed by atoms with Gasteiger partial charge in [0.15, 0.2) is 0 Å². The summed E-state index contributed by atoms with van der Waals surface area (Å²) in [5, 5.41) is 7.77. The third-order valence-electron chi connectivity index (χ3n) is 4.17. The lowest BCUT2D eigenvalue weighted by Crippen LogP contribution is -2.38. The zero-order valence-electron chi connectivity index (χ0n) is 13.2. The molecule has 128 valence electrons. The predicted octanol–water partition coefficient (Wildman–Crippen LogP) is 2.44. The van der Waals surface area contributed by atoms with Crippen molar-refractivity contribution in [1.29, 1.82) is 0 Å². The van der Waals surface area contributed by atoms with Gasteiger partial charge in [-0.15, -0.1) is 5.10 Å². The fourth-order valence-corrected chi connectivity index (χ4v) is 2.90. The molecule has 1 aliphatic rings. The molecule has 0 spiro atoms. The number of nitrogens with zero attached hydrogens (tertiary/aromatic N) is 4. The van der Waals surface area contributed by atoms with Gasteiger partial charge in [-0.2, -0.15) is 13.2 Å². The lowest BCUT2D eigenvalue weighted by atomic mass is 9.94. The molecule has 1 aromatic carbocycles. The lowest BCUT2D eigenvalue weighted by molar-refractivity contribution is -0.140. The Morgan fingerprint density at radius 3 is 2.79 bits per heavy atom. The Morgan fingerprint density at radius 1 is 1.33 bits per heavy atom. The zero-order valence-corrected chi connectivity index (χ0v) is 13.2. The Hall–Kier alpha value is -2.38. The van der Waals surface area contributed by atoms with Crippen LogP contribution in [0.25, 0.3) is 0 Å². The summed E-state index contributed by atoms with van der Waals surface area (Å²) in [5.74, 6) is -0.235. The average Bonchev–Trinajstić information content (AvgIpc) is 3.00. The number of rotatable bonds is 3. The monoisotopic (exact) mass is 338 g/mol. The normalized spacial score (nSPS) is 14.6. The average molecular weight is 338 g/mol. The fourth-order valence-electron chi connectivity index (χ4n) is 2.90. The second-order valence-electron chi connectivity index (χ2n) is 5.75. The van der Waals surface area contributed by atoms with E-state index in [0.29, 0.717) is 30.8 Å². The number of hydrogen-bond acceptors (Lipinski definition) is 3. The number of benzene rings is 1. The summed E-state index contributed by atoms with van der Waals surface area (Å²) >= 11 is 0. The zero-order chi connectivity index (χ0) is 17.3. The first kappa shape index (κ1) is 16.5. The molecule has 0 unspecified atom stereocenters. The third kappa shape index (κ3) is 3.27. The second-order valence-corrected chi connectivity index (χ2v) is 5.75. The van der Waals surface area contributed by atoms with Gasteiger partial charge in [-0.1, -0.05) is 17.3 Å². The number of amides is 1. The Balaban J connectivity index is 1.78. The molecular weight excluding hydrogens is 321 g/mol. The molecule has 0 saturated carbocycles. The first-order chi connectivity index (χ1) is 11.4. The van der Waals surface area contributed by atoms with Crippen molar-refractivity contribution in [2.24, 2.45) is 0 Å². The molecule has 0 radical (unpaired) electrons. The number of aromatic nitrogens is 3. The van der Waals surface area contributed by atoms with Crippen molar-refractivity contribution in [2.75, 3.05) is 6.54 Å².